The summed E-state index contributed by atoms with van der Waals surface area (Å²) in [5.41, 5.74) is 0. The van der Waals surface area contributed by atoms with Crippen LogP contribution >= 0.6 is 0 Å². The first-order chi connectivity index (χ1) is 23.7. The van der Waals surface area contributed by atoms with Crippen LogP contribution < -0.4 is 5.32 Å². The number of aliphatic hydroxyl groups is 2. The number of rotatable bonds is 36. The van der Waals surface area contributed by atoms with Crippen molar-refractivity contribution in [1.82, 2.24) is 5.32 Å². The monoisotopic (exact) mass is 670 g/mol. The fourth-order valence-corrected chi connectivity index (χ4v) is 5.89. The highest BCUT2D eigenvalue weighted by Crippen LogP contribution is 2.15. The molecule has 0 fully saturated rings. The lowest BCUT2D eigenvalue weighted by Crippen LogP contribution is -2.45. The number of hydrogen-bond acceptors (Lipinski definition) is 3. The Balaban J connectivity index is 3.63. The Morgan fingerprint density at radius 1 is 0.521 bits per heavy atom. The van der Waals surface area contributed by atoms with Gasteiger partial charge >= 0.3 is 0 Å². The molecule has 2 atom stereocenters. The van der Waals surface area contributed by atoms with Gasteiger partial charge in [-0.3, -0.25) is 4.79 Å². The summed E-state index contributed by atoms with van der Waals surface area (Å²) in [6.45, 7) is 4.15. The summed E-state index contributed by atoms with van der Waals surface area (Å²) in [7, 11) is 0. The van der Waals surface area contributed by atoms with Gasteiger partial charge in [0.25, 0.3) is 0 Å². The quantitative estimate of drug-likeness (QED) is 0.0459. The molecule has 2 unspecified atom stereocenters. The number of unbranched alkanes of at least 4 members (excludes halogenated alkanes) is 21. The van der Waals surface area contributed by atoms with Crippen molar-refractivity contribution in [3.63, 3.8) is 0 Å². The van der Waals surface area contributed by atoms with Gasteiger partial charge in [-0.25, -0.2) is 0 Å². The van der Waals surface area contributed by atoms with Gasteiger partial charge in [-0.05, 0) is 44.9 Å². The lowest BCUT2D eigenvalue weighted by molar-refractivity contribution is -0.122. The van der Waals surface area contributed by atoms with Crippen molar-refractivity contribution in [2.45, 2.75) is 206 Å². The highest BCUT2D eigenvalue weighted by Gasteiger charge is 2.17. The Morgan fingerprint density at radius 2 is 0.917 bits per heavy atom. The number of carbonyl (C=O) groups excluding carboxylic acids is 1. The summed E-state index contributed by atoms with van der Waals surface area (Å²) >= 11 is 0. The molecule has 0 aliphatic rings. The molecule has 4 heteroatoms. The number of aliphatic hydroxyl groups excluding tert-OH is 2. The molecule has 1 amide bonds. The molecule has 0 bridgehead atoms. The molecule has 48 heavy (non-hydrogen) atoms. The number of amides is 1. The molecular weight excluding hydrogens is 590 g/mol. The second-order valence-electron chi connectivity index (χ2n) is 13.7. The van der Waals surface area contributed by atoms with E-state index in [9.17, 15) is 15.0 Å². The topological polar surface area (TPSA) is 69.6 Å². The van der Waals surface area contributed by atoms with Gasteiger partial charge in [-0.15, -0.1) is 0 Å². The maximum absolute atomic E-state index is 12.3. The molecule has 0 aliphatic carbocycles. The van der Waals surface area contributed by atoms with E-state index in [1.54, 1.807) is 6.08 Å². The average Bonchev–Trinajstić information content (AvgIpc) is 3.09. The summed E-state index contributed by atoms with van der Waals surface area (Å²) < 4.78 is 0. The number of hydrogen-bond donors (Lipinski definition) is 3. The first-order valence-electron chi connectivity index (χ1n) is 20.5. The van der Waals surface area contributed by atoms with Crippen LogP contribution in [0, 0.1) is 0 Å². The summed E-state index contributed by atoms with van der Waals surface area (Å²) in [5.74, 6) is -0.145. The zero-order valence-electron chi connectivity index (χ0n) is 31.7. The smallest absolute Gasteiger partial charge is 0.220 e. The van der Waals surface area contributed by atoms with E-state index in [4.69, 9.17) is 0 Å². The van der Waals surface area contributed by atoms with Crippen LogP contribution in [-0.4, -0.2) is 34.9 Å². The Hall–Kier alpha value is -1.91. The molecular formula is C44H79NO3. The molecule has 0 saturated heterocycles. The zero-order valence-corrected chi connectivity index (χ0v) is 31.7. The lowest BCUT2D eigenvalue weighted by atomic mass is 10.0. The van der Waals surface area contributed by atoms with E-state index < -0.39 is 12.1 Å². The first kappa shape index (κ1) is 46.1. The van der Waals surface area contributed by atoms with Crippen LogP contribution in [0.5, 0.6) is 0 Å². The minimum atomic E-state index is -0.869. The maximum Gasteiger partial charge on any atom is 0.220 e. The van der Waals surface area contributed by atoms with Gasteiger partial charge < -0.3 is 15.5 Å². The van der Waals surface area contributed by atoms with E-state index in [0.29, 0.717) is 12.8 Å². The molecule has 0 radical (unpaired) electrons. The molecule has 3 N–H and O–H groups in total. The maximum atomic E-state index is 12.3. The van der Waals surface area contributed by atoms with Crippen LogP contribution in [0.25, 0.3) is 0 Å². The van der Waals surface area contributed by atoms with Gasteiger partial charge in [0.05, 0.1) is 18.8 Å². The second-order valence-corrected chi connectivity index (χ2v) is 13.7. The normalized spacial score (nSPS) is 13.7. The van der Waals surface area contributed by atoms with Crippen LogP contribution in [0.15, 0.2) is 60.8 Å². The van der Waals surface area contributed by atoms with E-state index in [0.717, 1.165) is 38.5 Å². The standard InChI is InChI=1S/C44H79NO3/c1-3-5-7-9-11-13-15-17-18-19-20-21-22-23-24-25-26-28-29-31-33-35-37-39-43(47)42(41-46)45-44(48)40-38-36-34-32-30-27-16-14-12-10-8-6-4-2/h6,8,12,14,27,30,34,36-37,39,42-43,46-47H,3-5,7,9-11,13,15-26,28-29,31-33,35,38,40-41H2,1-2H3,(H,45,48)/b8-6-,14-12-,30-27-,36-34-,39-37+. The third-order valence-corrected chi connectivity index (χ3v) is 9.02. The molecule has 0 aromatic heterocycles. The Labute approximate surface area is 298 Å². The van der Waals surface area contributed by atoms with Crippen LogP contribution in [0.2, 0.25) is 0 Å². The number of nitrogens with one attached hydrogen (secondary N) is 1. The van der Waals surface area contributed by atoms with Crippen molar-refractivity contribution in [3.05, 3.63) is 60.8 Å². The van der Waals surface area contributed by atoms with Crippen molar-refractivity contribution < 1.29 is 15.0 Å². The van der Waals surface area contributed by atoms with E-state index in [-0.39, 0.29) is 12.5 Å². The van der Waals surface area contributed by atoms with Crippen molar-refractivity contribution in [2.24, 2.45) is 0 Å². The molecule has 0 aliphatic heterocycles. The molecule has 4 nitrogen and oxygen atoms in total. The minimum Gasteiger partial charge on any atom is -0.394 e. The fourth-order valence-electron chi connectivity index (χ4n) is 5.89. The highest BCUT2D eigenvalue weighted by atomic mass is 16.3. The molecule has 0 aromatic carbocycles. The molecule has 0 aromatic rings. The van der Waals surface area contributed by atoms with Crippen LogP contribution in [0.4, 0.5) is 0 Å². The minimum absolute atomic E-state index is 0.145. The third kappa shape index (κ3) is 35.4. The third-order valence-electron chi connectivity index (χ3n) is 9.02. The van der Waals surface area contributed by atoms with Gasteiger partial charge in [-0.2, -0.15) is 0 Å². The second kappa shape index (κ2) is 39.5. The fraction of sp³-hybridized carbons (Fsp3) is 0.750. The van der Waals surface area contributed by atoms with E-state index in [1.165, 1.54) is 128 Å². The Bertz CT molecular complexity index is 812. The van der Waals surface area contributed by atoms with Gasteiger partial charge in [-0.1, -0.05) is 203 Å². The predicted octanol–water partition coefficient (Wildman–Crippen LogP) is 12.6. The average molecular weight is 670 g/mol. The van der Waals surface area contributed by atoms with E-state index in [2.05, 4.69) is 61.7 Å². The van der Waals surface area contributed by atoms with Crippen LogP contribution in [-0.2, 0) is 4.79 Å². The van der Waals surface area contributed by atoms with Crippen molar-refractivity contribution in [3.8, 4) is 0 Å². The zero-order chi connectivity index (χ0) is 35.0. The van der Waals surface area contributed by atoms with Crippen LogP contribution in [0.3, 0.4) is 0 Å². The lowest BCUT2D eigenvalue weighted by Gasteiger charge is -2.19. The summed E-state index contributed by atoms with van der Waals surface area (Å²) in [5, 5.41) is 22.9. The number of allylic oxidation sites excluding steroid dienone is 9. The molecule has 0 rings (SSSR count). The van der Waals surface area contributed by atoms with E-state index in [1.807, 2.05) is 12.2 Å². The van der Waals surface area contributed by atoms with Crippen molar-refractivity contribution in [2.75, 3.05) is 6.61 Å². The van der Waals surface area contributed by atoms with Gasteiger partial charge in [0.2, 0.25) is 5.91 Å². The number of carbonyl (C=O) groups is 1. The summed E-state index contributed by atoms with van der Waals surface area (Å²) in [6, 6.07) is -0.661. The summed E-state index contributed by atoms with van der Waals surface area (Å²) in [4.78, 5) is 12.3. The predicted molar refractivity (Wildman–Crippen MR) is 211 cm³/mol. The molecule has 0 heterocycles. The SMILES string of the molecule is CC/C=C\C/C=C\C/C=C\C/C=C\CCC(=O)NC(CO)C(O)/C=C/CCCCCCCCCCCCCCCCCCCCCCC. The van der Waals surface area contributed by atoms with Crippen LogP contribution in [0.1, 0.15) is 194 Å². The van der Waals surface area contributed by atoms with Crippen molar-refractivity contribution in [1.29, 1.82) is 0 Å². The highest BCUT2D eigenvalue weighted by molar-refractivity contribution is 5.76. The first-order valence-corrected chi connectivity index (χ1v) is 20.5. The molecule has 278 valence electrons. The molecule has 0 saturated carbocycles. The molecule has 0 spiro atoms. The van der Waals surface area contributed by atoms with Gasteiger partial charge in [0, 0.05) is 6.42 Å². The van der Waals surface area contributed by atoms with Gasteiger partial charge in [0.1, 0.15) is 0 Å². The van der Waals surface area contributed by atoms with Gasteiger partial charge in [0.15, 0.2) is 0 Å². The largest absolute Gasteiger partial charge is 0.394 e. The van der Waals surface area contributed by atoms with Crippen molar-refractivity contribution >= 4 is 5.91 Å². The Kier molecular flexibility index (Phi) is 38.0. The summed E-state index contributed by atoms with van der Waals surface area (Å²) in [6.07, 6.45) is 54.8. The van der Waals surface area contributed by atoms with E-state index >= 15 is 0 Å². The Morgan fingerprint density at radius 3 is 1.33 bits per heavy atom.